The zero-order valence-electron chi connectivity index (χ0n) is 8.32. The maximum absolute atomic E-state index is 11.7. The lowest BCUT2D eigenvalue weighted by Gasteiger charge is -2.06. The summed E-state index contributed by atoms with van der Waals surface area (Å²) < 4.78 is 5.47. The van der Waals surface area contributed by atoms with Crippen LogP contribution in [0.3, 0.4) is 0 Å². The highest BCUT2D eigenvalue weighted by Gasteiger charge is 2.14. The Kier molecular flexibility index (Phi) is 3.74. The number of rotatable bonds is 1. The molecule has 1 aromatic rings. The van der Waals surface area contributed by atoms with Crippen molar-refractivity contribution in [1.29, 1.82) is 0 Å². The maximum atomic E-state index is 11.7. The van der Waals surface area contributed by atoms with Crippen molar-refractivity contribution < 1.29 is 9.53 Å². The fourth-order valence-electron chi connectivity index (χ4n) is 1.37. The first-order valence-corrected chi connectivity index (χ1v) is 4.46. The van der Waals surface area contributed by atoms with E-state index in [1.54, 1.807) is 25.3 Å². The zero-order chi connectivity index (χ0) is 9.97. The predicted octanol–water partition coefficient (Wildman–Crippen LogP) is 1.79. The number of likely N-dealkylation sites (N-methyl/N-ethyl adjacent to an activating group) is 1. The molecule has 0 saturated carbocycles. The number of carbonyl (C=O) groups is 1. The van der Waals surface area contributed by atoms with Gasteiger partial charge in [0.15, 0.2) is 5.78 Å². The fourth-order valence-corrected chi connectivity index (χ4v) is 1.37. The summed E-state index contributed by atoms with van der Waals surface area (Å²) in [6.07, 6.45) is 1.58. The number of carbonyl (C=O) groups excluding carboxylic acids is 1. The van der Waals surface area contributed by atoms with Crippen LogP contribution in [-0.4, -0.2) is 19.4 Å². The second kappa shape index (κ2) is 4.84. The number of allylic oxidation sites excluding steroid dienone is 1. The van der Waals surface area contributed by atoms with Crippen LogP contribution in [0.2, 0.25) is 0 Å². The van der Waals surface area contributed by atoms with Gasteiger partial charge in [0, 0.05) is 13.1 Å². The van der Waals surface area contributed by atoms with E-state index in [9.17, 15) is 4.79 Å². The van der Waals surface area contributed by atoms with Crippen LogP contribution in [0.1, 0.15) is 10.4 Å². The third-order valence-electron chi connectivity index (χ3n) is 2.16. The van der Waals surface area contributed by atoms with Crippen molar-refractivity contribution in [2.75, 3.05) is 13.7 Å². The molecule has 15 heavy (non-hydrogen) atoms. The summed E-state index contributed by atoms with van der Waals surface area (Å²) in [5, 5.41) is 2.92. The van der Waals surface area contributed by atoms with Gasteiger partial charge in [-0.3, -0.25) is 4.79 Å². The summed E-state index contributed by atoms with van der Waals surface area (Å²) in [6.45, 7) is 0.416. The molecule has 0 fully saturated rings. The van der Waals surface area contributed by atoms with Crippen LogP contribution in [0.5, 0.6) is 5.75 Å². The lowest BCUT2D eigenvalue weighted by Crippen LogP contribution is -2.13. The molecule has 0 atom stereocenters. The second-order valence-electron chi connectivity index (χ2n) is 3.07. The van der Waals surface area contributed by atoms with Crippen LogP contribution in [-0.2, 0) is 0 Å². The highest BCUT2D eigenvalue weighted by Crippen LogP contribution is 2.21. The molecule has 0 unspecified atom stereocenters. The van der Waals surface area contributed by atoms with Crippen molar-refractivity contribution in [2.45, 2.75) is 0 Å². The van der Waals surface area contributed by atoms with Crippen molar-refractivity contribution in [2.24, 2.45) is 0 Å². The average molecular weight is 226 g/mol. The number of hydrogen-bond donors (Lipinski definition) is 1. The predicted molar refractivity (Wildman–Crippen MR) is 60.7 cm³/mol. The third kappa shape index (κ3) is 2.30. The van der Waals surface area contributed by atoms with Gasteiger partial charge < -0.3 is 10.1 Å². The third-order valence-corrected chi connectivity index (χ3v) is 2.16. The number of halogens is 1. The van der Waals surface area contributed by atoms with Gasteiger partial charge >= 0.3 is 0 Å². The Labute approximate surface area is 94.5 Å². The summed E-state index contributed by atoms with van der Waals surface area (Å²) in [5.41, 5.74) is 1.42. The molecule has 0 spiro atoms. The molecule has 0 aliphatic carbocycles. The quantitative estimate of drug-likeness (QED) is 0.792. The zero-order valence-corrected chi connectivity index (χ0v) is 9.14. The van der Waals surface area contributed by atoms with Gasteiger partial charge in [0.1, 0.15) is 12.4 Å². The molecular formula is C11H12ClNO2. The van der Waals surface area contributed by atoms with E-state index in [1.807, 2.05) is 12.1 Å². The average Bonchev–Trinajstić information content (AvgIpc) is 2.39. The number of ketones is 1. The molecule has 80 valence electrons. The van der Waals surface area contributed by atoms with E-state index in [2.05, 4.69) is 5.32 Å². The van der Waals surface area contributed by atoms with E-state index in [4.69, 9.17) is 4.74 Å². The topological polar surface area (TPSA) is 38.3 Å². The fraction of sp³-hybridized carbons (Fsp3) is 0.182. The van der Waals surface area contributed by atoms with Gasteiger partial charge in [-0.25, -0.2) is 0 Å². The number of fused-ring (bicyclic) bond motifs is 1. The summed E-state index contributed by atoms with van der Waals surface area (Å²) in [4.78, 5) is 11.7. The lowest BCUT2D eigenvalue weighted by atomic mass is 10.1. The minimum Gasteiger partial charge on any atom is -0.487 e. The van der Waals surface area contributed by atoms with Gasteiger partial charge in [0.2, 0.25) is 0 Å². The lowest BCUT2D eigenvalue weighted by molar-refractivity contribution is 0.104. The van der Waals surface area contributed by atoms with Gasteiger partial charge in [-0.2, -0.15) is 0 Å². The molecule has 2 rings (SSSR count). The normalized spacial score (nSPS) is 13.9. The van der Waals surface area contributed by atoms with Gasteiger partial charge in [0.05, 0.1) is 11.3 Å². The largest absolute Gasteiger partial charge is 0.487 e. The molecule has 4 heteroatoms. The van der Waals surface area contributed by atoms with Gasteiger partial charge in [-0.15, -0.1) is 12.4 Å². The van der Waals surface area contributed by atoms with Crippen LogP contribution in [0.25, 0.3) is 0 Å². The Balaban J connectivity index is 0.00000112. The number of nitrogens with one attached hydrogen (secondary N) is 1. The van der Waals surface area contributed by atoms with E-state index >= 15 is 0 Å². The molecule has 0 amide bonds. The van der Waals surface area contributed by atoms with Crippen LogP contribution < -0.4 is 10.1 Å². The van der Waals surface area contributed by atoms with Crippen LogP contribution in [0.4, 0.5) is 0 Å². The molecule has 0 saturated heterocycles. The highest BCUT2D eigenvalue weighted by molar-refractivity contribution is 6.07. The van der Waals surface area contributed by atoms with Crippen molar-refractivity contribution in [3.05, 3.63) is 41.6 Å². The molecule has 1 aromatic carbocycles. The van der Waals surface area contributed by atoms with Crippen molar-refractivity contribution in [3.8, 4) is 5.75 Å². The van der Waals surface area contributed by atoms with Crippen LogP contribution >= 0.6 is 12.4 Å². The summed E-state index contributed by atoms with van der Waals surface area (Å²) in [6, 6.07) is 7.27. The van der Waals surface area contributed by atoms with Crippen molar-refractivity contribution in [1.82, 2.24) is 5.32 Å². The Morgan fingerprint density at radius 1 is 1.33 bits per heavy atom. The smallest absolute Gasteiger partial charge is 0.191 e. The minimum absolute atomic E-state index is 0. The van der Waals surface area contributed by atoms with E-state index in [1.165, 1.54) is 0 Å². The Hall–Kier alpha value is -1.48. The summed E-state index contributed by atoms with van der Waals surface area (Å²) >= 11 is 0. The van der Waals surface area contributed by atoms with E-state index in [-0.39, 0.29) is 18.2 Å². The number of hydrogen-bond acceptors (Lipinski definition) is 3. The SMILES string of the molecule is CNC1=CC(=O)c2ccccc2OC1.Cl. The Morgan fingerprint density at radius 3 is 2.80 bits per heavy atom. The first kappa shape index (κ1) is 11.6. The molecule has 1 N–H and O–H groups in total. The van der Waals surface area contributed by atoms with Gasteiger partial charge in [0.25, 0.3) is 0 Å². The van der Waals surface area contributed by atoms with Gasteiger partial charge in [-0.05, 0) is 12.1 Å². The van der Waals surface area contributed by atoms with Crippen molar-refractivity contribution in [3.63, 3.8) is 0 Å². The summed E-state index contributed by atoms with van der Waals surface area (Å²) in [7, 11) is 1.78. The molecule has 1 heterocycles. The van der Waals surface area contributed by atoms with Crippen LogP contribution in [0.15, 0.2) is 36.0 Å². The molecule has 1 aliphatic rings. The first-order chi connectivity index (χ1) is 6.81. The number of para-hydroxylation sites is 1. The second-order valence-corrected chi connectivity index (χ2v) is 3.07. The summed E-state index contributed by atoms with van der Waals surface area (Å²) in [5.74, 6) is 0.640. The molecule has 0 bridgehead atoms. The molecule has 1 aliphatic heterocycles. The highest BCUT2D eigenvalue weighted by atomic mass is 35.5. The molecule has 0 radical (unpaired) electrons. The van der Waals surface area contributed by atoms with Crippen LogP contribution in [0, 0.1) is 0 Å². The van der Waals surface area contributed by atoms with Gasteiger partial charge in [-0.1, -0.05) is 12.1 Å². The molecule has 0 aromatic heterocycles. The Bertz CT molecular complexity index is 401. The van der Waals surface area contributed by atoms with Crippen molar-refractivity contribution >= 4 is 18.2 Å². The monoisotopic (exact) mass is 225 g/mol. The first-order valence-electron chi connectivity index (χ1n) is 4.46. The minimum atomic E-state index is -0.0116. The van der Waals surface area contributed by atoms with E-state index in [0.717, 1.165) is 5.70 Å². The van der Waals surface area contributed by atoms with E-state index < -0.39 is 0 Å². The molecule has 3 nitrogen and oxygen atoms in total. The Morgan fingerprint density at radius 2 is 2.07 bits per heavy atom. The maximum Gasteiger partial charge on any atom is 0.191 e. The molecular weight excluding hydrogens is 214 g/mol. The number of benzene rings is 1. The standard InChI is InChI=1S/C11H11NO2.ClH/c1-12-8-6-10(13)9-4-2-3-5-11(9)14-7-8;/h2-6,12H,7H2,1H3;1H. The number of ether oxygens (including phenoxy) is 1. The van der Waals surface area contributed by atoms with E-state index in [0.29, 0.717) is 17.9 Å².